The standard InChI is InChI=1S/C14H17ClFN3/c1-7-5-13(11(8(2)17)6-12(7)16)19-10(4)14(15)9(3)18-19/h5-6,8H,17H2,1-4H3/t8-/m0/s1. The molecule has 2 rings (SSSR count). The van der Waals surface area contributed by atoms with Crippen LogP contribution in [0.15, 0.2) is 12.1 Å². The molecule has 1 aromatic carbocycles. The van der Waals surface area contributed by atoms with E-state index in [0.717, 1.165) is 17.1 Å². The van der Waals surface area contributed by atoms with Crippen LogP contribution in [0.3, 0.4) is 0 Å². The Morgan fingerprint density at radius 1 is 1.32 bits per heavy atom. The molecule has 0 aliphatic carbocycles. The summed E-state index contributed by atoms with van der Waals surface area (Å²) in [6.07, 6.45) is 0. The molecule has 0 saturated heterocycles. The van der Waals surface area contributed by atoms with Crippen molar-refractivity contribution in [1.82, 2.24) is 9.78 Å². The van der Waals surface area contributed by atoms with E-state index in [1.807, 2.05) is 20.8 Å². The highest BCUT2D eigenvalue weighted by atomic mass is 35.5. The van der Waals surface area contributed by atoms with E-state index >= 15 is 0 Å². The zero-order valence-corrected chi connectivity index (χ0v) is 12.2. The lowest BCUT2D eigenvalue weighted by Crippen LogP contribution is -2.12. The topological polar surface area (TPSA) is 43.8 Å². The second kappa shape index (κ2) is 4.94. The highest BCUT2D eigenvalue weighted by Crippen LogP contribution is 2.28. The predicted molar refractivity (Wildman–Crippen MR) is 75.3 cm³/mol. The van der Waals surface area contributed by atoms with E-state index in [1.54, 1.807) is 17.7 Å². The second-order valence-corrected chi connectivity index (χ2v) is 5.22. The molecule has 0 spiro atoms. The lowest BCUT2D eigenvalue weighted by atomic mass is 10.0. The first-order valence-electron chi connectivity index (χ1n) is 6.10. The van der Waals surface area contributed by atoms with Gasteiger partial charge in [-0.15, -0.1) is 0 Å². The van der Waals surface area contributed by atoms with Crippen LogP contribution in [0.4, 0.5) is 4.39 Å². The zero-order valence-electron chi connectivity index (χ0n) is 11.5. The highest BCUT2D eigenvalue weighted by molar-refractivity contribution is 6.31. The molecular formula is C14H17ClFN3. The molecule has 0 saturated carbocycles. The van der Waals surface area contributed by atoms with Crippen molar-refractivity contribution < 1.29 is 4.39 Å². The molecule has 19 heavy (non-hydrogen) atoms. The van der Waals surface area contributed by atoms with Crippen LogP contribution >= 0.6 is 11.6 Å². The second-order valence-electron chi connectivity index (χ2n) is 4.85. The molecule has 0 aliphatic rings. The molecule has 1 atom stereocenters. The van der Waals surface area contributed by atoms with Gasteiger partial charge in [0.1, 0.15) is 5.82 Å². The monoisotopic (exact) mass is 281 g/mol. The summed E-state index contributed by atoms with van der Waals surface area (Å²) in [6, 6.07) is 2.94. The minimum absolute atomic E-state index is 0.260. The van der Waals surface area contributed by atoms with Gasteiger partial charge in [0, 0.05) is 6.04 Å². The summed E-state index contributed by atoms with van der Waals surface area (Å²) in [4.78, 5) is 0. The number of nitrogens with two attached hydrogens (primary N) is 1. The van der Waals surface area contributed by atoms with Crippen molar-refractivity contribution in [1.29, 1.82) is 0 Å². The maximum atomic E-state index is 13.7. The average Bonchev–Trinajstić information content (AvgIpc) is 2.59. The maximum absolute atomic E-state index is 13.7. The first-order valence-corrected chi connectivity index (χ1v) is 6.48. The number of halogens is 2. The minimum Gasteiger partial charge on any atom is -0.324 e. The first-order chi connectivity index (χ1) is 8.82. The van der Waals surface area contributed by atoms with Gasteiger partial charge in [0.15, 0.2) is 0 Å². The molecule has 1 heterocycles. The number of aryl methyl sites for hydroxylation is 2. The molecule has 2 N–H and O–H groups in total. The number of nitrogens with zero attached hydrogens (tertiary/aromatic N) is 2. The van der Waals surface area contributed by atoms with Gasteiger partial charge in [-0.1, -0.05) is 11.6 Å². The van der Waals surface area contributed by atoms with E-state index < -0.39 is 0 Å². The summed E-state index contributed by atoms with van der Waals surface area (Å²) in [5.41, 5.74) is 9.55. The summed E-state index contributed by atoms with van der Waals surface area (Å²) >= 11 is 6.16. The van der Waals surface area contributed by atoms with Gasteiger partial charge in [0.25, 0.3) is 0 Å². The summed E-state index contributed by atoms with van der Waals surface area (Å²) in [5, 5.41) is 5.02. The fourth-order valence-electron chi connectivity index (χ4n) is 2.09. The molecule has 102 valence electrons. The molecule has 5 heteroatoms. The van der Waals surface area contributed by atoms with Gasteiger partial charge < -0.3 is 5.73 Å². The number of benzene rings is 1. The molecular weight excluding hydrogens is 265 g/mol. The van der Waals surface area contributed by atoms with E-state index in [9.17, 15) is 4.39 Å². The van der Waals surface area contributed by atoms with Crippen molar-refractivity contribution in [2.24, 2.45) is 5.73 Å². The lowest BCUT2D eigenvalue weighted by Gasteiger charge is -2.15. The van der Waals surface area contributed by atoms with Crippen LogP contribution in [0.1, 0.15) is 35.5 Å². The fourth-order valence-corrected chi connectivity index (χ4v) is 2.21. The Balaban J connectivity index is 2.73. The Bertz CT molecular complexity index is 632. The third-order valence-electron chi connectivity index (χ3n) is 3.23. The summed E-state index contributed by atoms with van der Waals surface area (Å²) in [6.45, 7) is 7.26. The summed E-state index contributed by atoms with van der Waals surface area (Å²) < 4.78 is 15.4. The Hall–Kier alpha value is -1.39. The van der Waals surface area contributed by atoms with Crippen LogP contribution in [-0.4, -0.2) is 9.78 Å². The molecule has 2 aromatic rings. The Morgan fingerprint density at radius 3 is 2.42 bits per heavy atom. The van der Waals surface area contributed by atoms with Gasteiger partial charge in [-0.05, 0) is 51.0 Å². The third kappa shape index (κ3) is 2.38. The SMILES string of the molecule is Cc1cc(-n2nc(C)c(Cl)c2C)c([C@H](C)N)cc1F. The largest absolute Gasteiger partial charge is 0.324 e. The van der Waals surface area contributed by atoms with E-state index in [2.05, 4.69) is 5.10 Å². The average molecular weight is 282 g/mol. The Kier molecular flexibility index (Phi) is 3.65. The normalized spacial score (nSPS) is 12.8. The van der Waals surface area contributed by atoms with E-state index in [0.29, 0.717) is 16.1 Å². The molecule has 0 aliphatic heterocycles. The van der Waals surface area contributed by atoms with Crippen molar-refractivity contribution in [3.63, 3.8) is 0 Å². The molecule has 0 fully saturated rings. The molecule has 0 amide bonds. The first kappa shape index (κ1) is 14.0. The Labute approximate surface area is 117 Å². The molecule has 0 radical (unpaired) electrons. The van der Waals surface area contributed by atoms with Gasteiger partial charge in [0.05, 0.1) is 22.1 Å². The number of aromatic nitrogens is 2. The van der Waals surface area contributed by atoms with E-state index in [-0.39, 0.29) is 11.9 Å². The van der Waals surface area contributed by atoms with Crippen LogP contribution in [0.25, 0.3) is 5.69 Å². The van der Waals surface area contributed by atoms with E-state index in [1.165, 1.54) is 6.07 Å². The van der Waals surface area contributed by atoms with Crippen molar-refractivity contribution in [2.45, 2.75) is 33.7 Å². The minimum atomic E-state index is -0.284. The summed E-state index contributed by atoms with van der Waals surface area (Å²) in [5.74, 6) is -0.260. The Morgan fingerprint density at radius 2 is 1.95 bits per heavy atom. The molecule has 0 bridgehead atoms. The van der Waals surface area contributed by atoms with Crippen molar-refractivity contribution in [2.75, 3.05) is 0 Å². The van der Waals surface area contributed by atoms with Crippen molar-refractivity contribution in [3.05, 3.63) is 45.5 Å². The number of hydrogen-bond donors (Lipinski definition) is 1. The van der Waals surface area contributed by atoms with Crippen LogP contribution < -0.4 is 5.73 Å². The molecule has 0 unspecified atom stereocenters. The molecule has 1 aromatic heterocycles. The fraction of sp³-hybridized carbons (Fsp3) is 0.357. The van der Waals surface area contributed by atoms with Crippen molar-refractivity contribution >= 4 is 11.6 Å². The van der Waals surface area contributed by atoms with Crippen LogP contribution in [0.5, 0.6) is 0 Å². The van der Waals surface area contributed by atoms with Gasteiger partial charge >= 0.3 is 0 Å². The van der Waals surface area contributed by atoms with E-state index in [4.69, 9.17) is 17.3 Å². The third-order valence-corrected chi connectivity index (χ3v) is 3.78. The highest BCUT2D eigenvalue weighted by Gasteiger charge is 2.17. The summed E-state index contributed by atoms with van der Waals surface area (Å²) in [7, 11) is 0. The lowest BCUT2D eigenvalue weighted by molar-refractivity contribution is 0.610. The molecule has 3 nitrogen and oxygen atoms in total. The quantitative estimate of drug-likeness (QED) is 0.914. The number of hydrogen-bond acceptors (Lipinski definition) is 2. The van der Waals surface area contributed by atoms with Gasteiger partial charge in [-0.25, -0.2) is 9.07 Å². The van der Waals surface area contributed by atoms with Gasteiger partial charge in [-0.3, -0.25) is 0 Å². The smallest absolute Gasteiger partial charge is 0.126 e. The zero-order chi connectivity index (χ0) is 14.3. The van der Waals surface area contributed by atoms with Crippen LogP contribution in [0, 0.1) is 26.6 Å². The van der Waals surface area contributed by atoms with Gasteiger partial charge in [0.2, 0.25) is 0 Å². The van der Waals surface area contributed by atoms with Crippen molar-refractivity contribution in [3.8, 4) is 5.69 Å². The number of rotatable bonds is 2. The van der Waals surface area contributed by atoms with Crippen LogP contribution in [0.2, 0.25) is 5.02 Å². The predicted octanol–water partition coefficient (Wildman–Crippen LogP) is 3.61. The van der Waals surface area contributed by atoms with Gasteiger partial charge in [-0.2, -0.15) is 5.10 Å². The van der Waals surface area contributed by atoms with Crippen LogP contribution in [-0.2, 0) is 0 Å². The maximum Gasteiger partial charge on any atom is 0.126 e.